The van der Waals surface area contributed by atoms with Gasteiger partial charge in [-0.2, -0.15) is 9.36 Å². The van der Waals surface area contributed by atoms with Crippen LogP contribution in [0.15, 0.2) is 42.5 Å². The number of hydrogen-bond acceptors (Lipinski definition) is 6. The van der Waals surface area contributed by atoms with Gasteiger partial charge in [-0.15, -0.1) is 11.3 Å². The molecule has 29 heavy (non-hydrogen) atoms. The smallest absolute Gasteiger partial charge is 0.321 e. The molecule has 152 valence electrons. The Morgan fingerprint density at radius 1 is 1.07 bits per heavy atom. The zero-order chi connectivity index (χ0) is 20.1. The molecule has 1 aliphatic heterocycles. The van der Waals surface area contributed by atoms with Crippen molar-refractivity contribution in [3.8, 4) is 10.7 Å². The van der Waals surface area contributed by atoms with E-state index in [1.807, 2.05) is 30.3 Å². The Labute approximate surface area is 179 Å². The second-order valence-corrected chi connectivity index (χ2v) is 9.17. The van der Waals surface area contributed by atoms with Crippen LogP contribution in [0.25, 0.3) is 10.7 Å². The molecule has 1 aliphatic rings. The molecule has 3 aromatic rings. The van der Waals surface area contributed by atoms with E-state index in [-0.39, 0.29) is 0 Å². The number of likely N-dealkylation sites (tertiary alicyclic amines) is 1. The Morgan fingerprint density at radius 2 is 1.83 bits per heavy atom. The maximum Gasteiger partial charge on any atom is 0.321 e. The van der Waals surface area contributed by atoms with Gasteiger partial charge < -0.3 is 5.73 Å². The van der Waals surface area contributed by atoms with Crippen LogP contribution < -0.4 is 10.6 Å². The molecule has 0 atom stereocenters. The maximum atomic E-state index is 12.0. The van der Waals surface area contributed by atoms with Crippen LogP contribution >= 0.6 is 22.9 Å². The van der Waals surface area contributed by atoms with E-state index in [4.69, 9.17) is 5.73 Å². The first-order valence-electron chi connectivity index (χ1n) is 9.95. The first-order valence-corrected chi connectivity index (χ1v) is 11.5. The fourth-order valence-corrected chi connectivity index (χ4v) is 5.26. The van der Waals surface area contributed by atoms with Crippen molar-refractivity contribution in [2.24, 2.45) is 5.73 Å². The van der Waals surface area contributed by atoms with Crippen molar-refractivity contribution < 1.29 is 4.79 Å². The van der Waals surface area contributed by atoms with Crippen LogP contribution in [-0.4, -0.2) is 33.4 Å². The van der Waals surface area contributed by atoms with E-state index in [1.54, 1.807) is 11.3 Å². The topological polar surface area (TPSA) is 75.4 Å². The summed E-state index contributed by atoms with van der Waals surface area (Å²) in [4.78, 5) is 23.0. The van der Waals surface area contributed by atoms with E-state index in [0.29, 0.717) is 17.5 Å². The number of nitrogens with zero attached hydrogens (tertiary/aromatic N) is 4. The van der Waals surface area contributed by atoms with Crippen molar-refractivity contribution in [3.63, 3.8) is 0 Å². The van der Waals surface area contributed by atoms with Gasteiger partial charge in [0, 0.05) is 23.0 Å². The Morgan fingerprint density at radius 3 is 2.55 bits per heavy atom. The molecule has 2 N–H and O–H groups in total. The summed E-state index contributed by atoms with van der Waals surface area (Å²) >= 11 is 2.94. The van der Waals surface area contributed by atoms with Gasteiger partial charge in [-0.3, -0.25) is 9.80 Å². The predicted molar refractivity (Wildman–Crippen MR) is 119 cm³/mol. The van der Waals surface area contributed by atoms with Gasteiger partial charge in [0.25, 0.3) is 0 Å². The van der Waals surface area contributed by atoms with Crippen molar-refractivity contribution in [1.29, 1.82) is 0 Å². The highest BCUT2D eigenvalue weighted by Crippen LogP contribution is 2.31. The molecule has 0 bridgehead atoms. The van der Waals surface area contributed by atoms with Gasteiger partial charge in [-0.25, -0.2) is 4.79 Å². The van der Waals surface area contributed by atoms with Gasteiger partial charge in [0.2, 0.25) is 5.13 Å². The maximum absolute atomic E-state index is 12.0. The first-order chi connectivity index (χ1) is 14.2. The summed E-state index contributed by atoms with van der Waals surface area (Å²) in [5.41, 5.74) is 6.61. The molecule has 0 spiro atoms. The standard InChI is InChI=1S/C21H25N5OS2/c22-20(27)26(14-16-8-4-3-5-9-16)21-23-19(24-29-21)18-11-10-17(28-18)15-25-12-6-1-2-7-13-25/h3-5,8-11H,1-2,6-7,12-15H2,(H2,22,27). The van der Waals surface area contributed by atoms with Crippen LogP contribution in [0.3, 0.4) is 0 Å². The normalized spacial score (nSPS) is 15.2. The lowest BCUT2D eigenvalue weighted by molar-refractivity contribution is 0.253. The molecule has 0 aliphatic carbocycles. The monoisotopic (exact) mass is 427 g/mol. The van der Waals surface area contributed by atoms with E-state index in [2.05, 4.69) is 26.4 Å². The molecule has 1 fully saturated rings. The summed E-state index contributed by atoms with van der Waals surface area (Å²) in [5, 5.41) is 0.527. The number of hydrogen-bond donors (Lipinski definition) is 1. The fourth-order valence-electron chi connectivity index (χ4n) is 3.53. The van der Waals surface area contributed by atoms with Crippen molar-refractivity contribution in [2.75, 3.05) is 18.0 Å². The molecule has 6 nitrogen and oxygen atoms in total. The summed E-state index contributed by atoms with van der Waals surface area (Å²) in [6, 6.07) is 13.5. The predicted octanol–water partition coefficient (Wildman–Crippen LogP) is 4.73. The van der Waals surface area contributed by atoms with Gasteiger partial charge in [-0.1, -0.05) is 43.2 Å². The number of carbonyl (C=O) groups is 1. The number of thiophene rings is 1. The number of urea groups is 1. The van der Waals surface area contributed by atoms with Gasteiger partial charge >= 0.3 is 6.03 Å². The number of rotatable bonds is 6. The van der Waals surface area contributed by atoms with Gasteiger partial charge in [0.15, 0.2) is 5.82 Å². The summed E-state index contributed by atoms with van der Waals surface area (Å²) in [5.74, 6) is 0.663. The summed E-state index contributed by atoms with van der Waals surface area (Å²) in [6.45, 7) is 3.73. The third-order valence-electron chi connectivity index (χ3n) is 5.06. The molecule has 0 radical (unpaired) electrons. The molecule has 2 amide bonds. The van der Waals surface area contributed by atoms with Crippen molar-refractivity contribution in [2.45, 2.75) is 38.8 Å². The second-order valence-electron chi connectivity index (χ2n) is 7.27. The Kier molecular flexibility index (Phi) is 6.53. The summed E-state index contributed by atoms with van der Waals surface area (Å²) in [7, 11) is 0. The average molecular weight is 428 g/mol. The number of benzene rings is 1. The second kappa shape index (κ2) is 9.47. The minimum Gasteiger partial charge on any atom is -0.351 e. The first kappa shape index (κ1) is 20.0. The molecule has 1 saturated heterocycles. The minimum atomic E-state index is -0.524. The number of nitrogens with two attached hydrogens (primary N) is 1. The van der Waals surface area contributed by atoms with E-state index >= 15 is 0 Å². The highest BCUT2D eigenvalue weighted by atomic mass is 32.1. The molecule has 2 aromatic heterocycles. The Hall–Kier alpha value is -2.29. The summed E-state index contributed by atoms with van der Waals surface area (Å²) < 4.78 is 4.48. The van der Waals surface area contributed by atoms with Gasteiger partial charge in [-0.05, 0) is 43.6 Å². The van der Waals surface area contributed by atoms with E-state index in [0.717, 1.165) is 17.0 Å². The van der Waals surface area contributed by atoms with Crippen molar-refractivity contribution in [1.82, 2.24) is 14.3 Å². The lowest BCUT2D eigenvalue weighted by atomic mass is 10.2. The van der Waals surface area contributed by atoms with E-state index < -0.39 is 6.03 Å². The van der Waals surface area contributed by atoms with Crippen LogP contribution in [0.4, 0.5) is 9.93 Å². The third-order valence-corrected chi connectivity index (χ3v) is 6.86. The highest BCUT2D eigenvalue weighted by Gasteiger charge is 2.19. The SMILES string of the molecule is NC(=O)N(Cc1ccccc1)c1nc(-c2ccc(CN3CCCCCC3)s2)ns1. The average Bonchev–Trinajstić information content (AvgIpc) is 3.31. The molecule has 8 heteroatoms. The number of amides is 2. The molecule has 3 heterocycles. The van der Waals surface area contributed by atoms with Crippen LogP contribution in [0.2, 0.25) is 0 Å². The molecule has 0 saturated carbocycles. The summed E-state index contributed by atoms with van der Waals surface area (Å²) in [6.07, 6.45) is 5.27. The van der Waals surface area contributed by atoms with E-state index in [1.165, 1.54) is 60.1 Å². The molecular formula is C21H25N5OS2. The number of carbonyl (C=O) groups excluding carboxylic acids is 1. The van der Waals surface area contributed by atoms with Crippen LogP contribution in [0, 0.1) is 0 Å². The fraction of sp³-hybridized carbons (Fsp3) is 0.381. The van der Waals surface area contributed by atoms with Gasteiger partial charge in [0.1, 0.15) is 0 Å². The molecular weight excluding hydrogens is 402 g/mol. The number of aromatic nitrogens is 2. The Balaban J connectivity index is 1.46. The van der Waals surface area contributed by atoms with E-state index in [9.17, 15) is 4.79 Å². The largest absolute Gasteiger partial charge is 0.351 e. The van der Waals surface area contributed by atoms with Gasteiger partial charge in [0.05, 0.1) is 11.4 Å². The molecule has 0 unspecified atom stereocenters. The third kappa shape index (κ3) is 5.20. The lowest BCUT2D eigenvalue weighted by Crippen LogP contribution is -2.35. The zero-order valence-electron chi connectivity index (χ0n) is 16.3. The quantitative estimate of drug-likeness (QED) is 0.617. The minimum absolute atomic E-state index is 0.384. The van der Waals surface area contributed by atoms with Crippen LogP contribution in [0.5, 0.6) is 0 Å². The van der Waals surface area contributed by atoms with Crippen LogP contribution in [0.1, 0.15) is 36.1 Å². The van der Waals surface area contributed by atoms with Crippen molar-refractivity contribution >= 4 is 34.0 Å². The lowest BCUT2D eigenvalue weighted by Gasteiger charge is -2.18. The number of anilines is 1. The zero-order valence-corrected chi connectivity index (χ0v) is 17.9. The highest BCUT2D eigenvalue weighted by molar-refractivity contribution is 7.16. The molecule has 4 rings (SSSR count). The Bertz CT molecular complexity index is 931. The molecule has 1 aromatic carbocycles. The van der Waals surface area contributed by atoms with Crippen LogP contribution in [-0.2, 0) is 13.1 Å². The van der Waals surface area contributed by atoms with Crippen molar-refractivity contribution in [3.05, 3.63) is 52.9 Å². The number of primary amides is 1.